The third kappa shape index (κ3) is 12.7. The van der Waals surface area contributed by atoms with Crippen LogP contribution < -0.4 is 0 Å². The van der Waals surface area contributed by atoms with E-state index in [0.29, 0.717) is 0 Å². The second-order valence-electron chi connectivity index (χ2n) is 6.46. The minimum absolute atomic E-state index is 0.836. The zero-order valence-electron chi connectivity index (χ0n) is 15.3. The van der Waals surface area contributed by atoms with Crippen LogP contribution in [0.25, 0.3) is 0 Å². The van der Waals surface area contributed by atoms with Crippen LogP contribution in [0.5, 0.6) is 0 Å². The number of unbranched alkanes of at least 4 members (excludes halogenated alkanes) is 10. The summed E-state index contributed by atoms with van der Waals surface area (Å²) < 4.78 is 7.84. The van der Waals surface area contributed by atoms with Gasteiger partial charge in [0.2, 0.25) is 0 Å². The first kappa shape index (κ1) is 20.3. The molecule has 3 nitrogen and oxygen atoms in total. The molecular weight excluding hydrogens is 260 g/mol. The number of amidine groups is 1. The number of ether oxygens (including phenoxy) is 1. The van der Waals surface area contributed by atoms with Gasteiger partial charge in [-0.3, -0.25) is 0 Å². The van der Waals surface area contributed by atoms with Crippen molar-refractivity contribution in [1.29, 1.82) is 0 Å². The van der Waals surface area contributed by atoms with Crippen LogP contribution in [0.2, 0.25) is 0 Å². The summed E-state index contributed by atoms with van der Waals surface area (Å²) in [6, 6.07) is 0.946. The van der Waals surface area contributed by atoms with Crippen LogP contribution in [0.15, 0.2) is 0 Å². The highest BCUT2D eigenvalue weighted by atomic mass is 16.5. The molecule has 0 atom stereocenters. The molecule has 0 saturated carbocycles. The molecule has 0 N–H and O–H groups in total. The Balaban J connectivity index is 3.31. The second-order valence-corrected chi connectivity index (χ2v) is 6.46. The first-order chi connectivity index (χ1) is 10.1. The zero-order chi connectivity index (χ0) is 15.9. The average molecular weight is 300 g/mol. The third-order valence-corrected chi connectivity index (χ3v) is 3.74. The molecule has 0 heterocycles. The number of hydrogen-bond acceptors (Lipinski definition) is 1. The largest absolute Gasteiger partial charge is 0.445 e. The molecule has 0 aromatic heterocycles. The summed E-state index contributed by atoms with van der Waals surface area (Å²) in [6.07, 6.45) is 15.1. The highest BCUT2D eigenvalue weighted by molar-refractivity contribution is 5.67. The van der Waals surface area contributed by atoms with Crippen LogP contribution in [0.4, 0.5) is 0 Å². The van der Waals surface area contributed by atoms with Crippen molar-refractivity contribution in [2.75, 3.05) is 34.8 Å². The summed E-state index contributed by atoms with van der Waals surface area (Å²) in [7, 11) is 8.09. The van der Waals surface area contributed by atoms with Crippen molar-refractivity contribution in [3.8, 4) is 0 Å². The topological polar surface area (TPSA) is 15.5 Å². The van der Waals surface area contributed by atoms with Crippen LogP contribution in [0.1, 0.15) is 77.6 Å². The fourth-order valence-corrected chi connectivity index (χ4v) is 2.59. The van der Waals surface area contributed by atoms with Crippen LogP contribution in [-0.2, 0) is 4.74 Å². The molecule has 0 amide bonds. The van der Waals surface area contributed by atoms with E-state index in [1.54, 1.807) is 0 Å². The maximum absolute atomic E-state index is 5.82. The molecule has 0 bridgehead atoms. The van der Waals surface area contributed by atoms with Gasteiger partial charge in [0.1, 0.15) is 0 Å². The molecule has 0 aliphatic heterocycles. The minimum Gasteiger partial charge on any atom is -0.432 e. The molecule has 0 aromatic carbocycles. The van der Waals surface area contributed by atoms with Gasteiger partial charge in [-0.05, 0) is 6.42 Å². The first-order valence-electron chi connectivity index (χ1n) is 8.94. The Labute approximate surface area is 133 Å². The highest BCUT2D eigenvalue weighted by Gasteiger charge is 2.12. The predicted molar refractivity (Wildman–Crippen MR) is 93.2 cm³/mol. The molecule has 0 fully saturated rings. The van der Waals surface area contributed by atoms with Gasteiger partial charge in [0.05, 0.1) is 34.8 Å². The van der Waals surface area contributed by atoms with Crippen LogP contribution in [0.3, 0.4) is 0 Å². The van der Waals surface area contributed by atoms with E-state index in [0.717, 1.165) is 12.6 Å². The number of nitrogens with zero attached hydrogens (tertiary/aromatic N) is 2. The summed E-state index contributed by atoms with van der Waals surface area (Å²) in [6.45, 7) is 3.12. The SMILES string of the molecule is CCCCCCCCCCCCCOC(N(C)C)=[N+](C)C. The fourth-order valence-electron chi connectivity index (χ4n) is 2.59. The van der Waals surface area contributed by atoms with E-state index in [1.807, 2.05) is 37.7 Å². The van der Waals surface area contributed by atoms with Crippen LogP contribution in [0, 0.1) is 0 Å². The molecule has 0 aliphatic carbocycles. The predicted octanol–water partition coefficient (Wildman–Crippen LogP) is 4.50. The van der Waals surface area contributed by atoms with Crippen molar-refractivity contribution in [3.05, 3.63) is 0 Å². The summed E-state index contributed by atoms with van der Waals surface area (Å²) >= 11 is 0. The van der Waals surface area contributed by atoms with Gasteiger partial charge in [-0.25, -0.2) is 9.48 Å². The maximum Gasteiger partial charge on any atom is 0.445 e. The Morgan fingerprint density at radius 2 is 1.19 bits per heavy atom. The molecule has 0 saturated heterocycles. The van der Waals surface area contributed by atoms with E-state index in [4.69, 9.17) is 4.74 Å². The summed E-state index contributed by atoms with van der Waals surface area (Å²) in [5, 5.41) is 0. The van der Waals surface area contributed by atoms with Gasteiger partial charge in [-0.2, -0.15) is 0 Å². The Kier molecular flexibility index (Phi) is 13.7. The van der Waals surface area contributed by atoms with E-state index in [-0.39, 0.29) is 0 Å². The lowest BCUT2D eigenvalue weighted by molar-refractivity contribution is -0.480. The highest BCUT2D eigenvalue weighted by Crippen LogP contribution is 2.11. The lowest BCUT2D eigenvalue weighted by Gasteiger charge is -2.11. The van der Waals surface area contributed by atoms with E-state index >= 15 is 0 Å². The molecular formula is C18H39N2O+. The fraction of sp³-hybridized carbons (Fsp3) is 0.944. The van der Waals surface area contributed by atoms with Gasteiger partial charge in [0.15, 0.2) is 0 Å². The summed E-state index contributed by atoms with van der Waals surface area (Å²) in [5.41, 5.74) is 0. The lowest BCUT2D eigenvalue weighted by atomic mass is 10.1. The number of hydrogen-bond donors (Lipinski definition) is 0. The quantitative estimate of drug-likeness (QED) is 0.228. The average Bonchev–Trinajstić information content (AvgIpc) is 2.43. The molecule has 0 radical (unpaired) electrons. The van der Waals surface area contributed by atoms with E-state index in [1.165, 1.54) is 70.6 Å². The van der Waals surface area contributed by atoms with Crippen molar-refractivity contribution in [2.24, 2.45) is 0 Å². The first-order valence-corrected chi connectivity index (χ1v) is 8.94. The summed E-state index contributed by atoms with van der Waals surface area (Å²) in [4.78, 5) is 2.03. The second kappa shape index (κ2) is 14.2. The van der Waals surface area contributed by atoms with Crippen molar-refractivity contribution < 1.29 is 9.31 Å². The van der Waals surface area contributed by atoms with Crippen molar-refractivity contribution in [3.63, 3.8) is 0 Å². The minimum atomic E-state index is 0.836. The standard InChI is InChI=1S/C18H39N2O/c1-6-7-8-9-10-11-12-13-14-15-16-17-21-18(19(2)3)20(4)5/h6-17H2,1-5H3/q+1. The van der Waals surface area contributed by atoms with E-state index in [9.17, 15) is 0 Å². The van der Waals surface area contributed by atoms with Gasteiger partial charge >= 0.3 is 6.02 Å². The molecule has 126 valence electrons. The molecule has 0 aliphatic rings. The molecule has 0 aromatic rings. The normalized spacial score (nSPS) is 10.5. The maximum atomic E-state index is 5.82. The van der Waals surface area contributed by atoms with Gasteiger partial charge < -0.3 is 4.74 Å². The molecule has 3 heteroatoms. The molecule has 0 rings (SSSR count). The molecule has 0 spiro atoms. The van der Waals surface area contributed by atoms with Gasteiger partial charge in [0.25, 0.3) is 0 Å². The monoisotopic (exact) mass is 299 g/mol. The summed E-state index contributed by atoms with van der Waals surface area (Å²) in [5.74, 6) is 0. The zero-order valence-corrected chi connectivity index (χ0v) is 15.3. The van der Waals surface area contributed by atoms with Gasteiger partial charge in [-0.15, -0.1) is 0 Å². The molecule has 21 heavy (non-hydrogen) atoms. The van der Waals surface area contributed by atoms with Gasteiger partial charge in [0, 0.05) is 0 Å². The van der Waals surface area contributed by atoms with Crippen molar-refractivity contribution in [2.45, 2.75) is 77.6 Å². The Bertz CT molecular complexity index is 258. The van der Waals surface area contributed by atoms with E-state index < -0.39 is 0 Å². The Morgan fingerprint density at radius 1 is 0.762 bits per heavy atom. The van der Waals surface area contributed by atoms with Crippen molar-refractivity contribution >= 4 is 6.02 Å². The van der Waals surface area contributed by atoms with Gasteiger partial charge in [-0.1, -0.05) is 71.1 Å². The lowest BCUT2D eigenvalue weighted by Crippen LogP contribution is -2.32. The Morgan fingerprint density at radius 3 is 1.57 bits per heavy atom. The van der Waals surface area contributed by atoms with Crippen LogP contribution >= 0.6 is 0 Å². The smallest absolute Gasteiger partial charge is 0.432 e. The van der Waals surface area contributed by atoms with E-state index in [2.05, 4.69) is 6.92 Å². The number of rotatable bonds is 12. The molecule has 0 unspecified atom stereocenters. The van der Waals surface area contributed by atoms with Crippen LogP contribution in [-0.4, -0.2) is 50.3 Å². The van der Waals surface area contributed by atoms with Crippen molar-refractivity contribution in [1.82, 2.24) is 4.90 Å². The third-order valence-electron chi connectivity index (χ3n) is 3.74. The Hall–Kier alpha value is -0.730.